The molecule has 0 saturated carbocycles. The molecule has 0 bridgehead atoms. The van der Waals surface area contributed by atoms with E-state index in [1.54, 1.807) is 31.5 Å². The van der Waals surface area contributed by atoms with E-state index in [-0.39, 0.29) is 11.4 Å². The Balaban J connectivity index is 1.84. The van der Waals surface area contributed by atoms with Crippen LogP contribution in [0.15, 0.2) is 50.2 Å². The molecule has 2 heterocycles. The number of nitrogens with zero attached hydrogens (tertiary/aromatic N) is 1. The van der Waals surface area contributed by atoms with Crippen molar-refractivity contribution in [1.82, 2.24) is 9.79 Å². The fourth-order valence-electron chi connectivity index (χ4n) is 3.75. The van der Waals surface area contributed by atoms with Crippen LogP contribution in [0.5, 0.6) is 0 Å². The quantitative estimate of drug-likeness (QED) is 0.421. The summed E-state index contributed by atoms with van der Waals surface area (Å²) in [5, 5.41) is 10.7. The molecule has 3 aromatic rings. The van der Waals surface area contributed by atoms with Crippen molar-refractivity contribution in [2.75, 3.05) is 12.3 Å². The number of carbonyl (C=O) groups excluding carboxylic acids is 1. The number of hydrogen-bond acceptors (Lipinski definition) is 6. The second kappa shape index (κ2) is 7.28. The molecular formula is C19H19BrN2O5S2. The highest BCUT2D eigenvalue weighted by atomic mass is 79.9. The Bertz CT molecular complexity index is 1220. The number of hydrogen-bond donors (Lipinski definition) is 2. The summed E-state index contributed by atoms with van der Waals surface area (Å²) < 4.78 is 34.1. The molecule has 154 valence electrons. The van der Waals surface area contributed by atoms with E-state index in [2.05, 4.69) is 15.9 Å². The van der Waals surface area contributed by atoms with E-state index in [1.165, 1.54) is 22.1 Å². The fourth-order valence-corrected chi connectivity index (χ4v) is 7.22. The Morgan fingerprint density at radius 2 is 2.00 bits per heavy atom. The SMILES string of the molecule is CC1(C)SCCN(S(=O)(=O)c2ccc3oc4cc(Br)ccc4c3c2)[C@H]1C(=O)NO. The summed E-state index contributed by atoms with van der Waals surface area (Å²) in [4.78, 5) is 12.4. The van der Waals surface area contributed by atoms with Gasteiger partial charge in [-0.1, -0.05) is 15.9 Å². The van der Waals surface area contributed by atoms with Crippen LogP contribution in [0.25, 0.3) is 21.9 Å². The molecule has 0 unspecified atom stereocenters. The number of halogens is 1. The third-order valence-electron chi connectivity index (χ3n) is 5.10. The van der Waals surface area contributed by atoms with Gasteiger partial charge in [-0.05, 0) is 50.2 Å². The smallest absolute Gasteiger partial charge is 0.263 e. The van der Waals surface area contributed by atoms with Crippen LogP contribution in [-0.4, -0.2) is 46.9 Å². The summed E-state index contributed by atoms with van der Waals surface area (Å²) in [6.07, 6.45) is 0. The predicted molar refractivity (Wildman–Crippen MR) is 116 cm³/mol. The molecule has 0 spiro atoms. The van der Waals surface area contributed by atoms with E-state index in [1.807, 2.05) is 18.2 Å². The number of carbonyl (C=O) groups is 1. The lowest BCUT2D eigenvalue weighted by atomic mass is 10.0. The van der Waals surface area contributed by atoms with Gasteiger partial charge in [0, 0.05) is 32.3 Å². The van der Waals surface area contributed by atoms with Gasteiger partial charge in [0.15, 0.2) is 0 Å². The van der Waals surface area contributed by atoms with Gasteiger partial charge in [-0.25, -0.2) is 13.9 Å². The lowest BCUT2D eigenvalue weighted by Crippen LogP contribution is -2.61. The van der Waals surface area contributed by atoms with Crippen molar-refractivity contribution in [3.63, 3.8) is 0 Å². The number of sulfonamides is 1. The van der Waals surface area contributed by atoms with Crippen molar-refractivity contribution in [1.29, 1.82) is 0 Å². The van der Waals surface area contributed by atoms with Gasteiger partial charge in [-0.3, -0.25) is 10.0 Å². The number of hydroxylamine groups is 1. The number of nitrogens with one attached hydrogen (secondary N) is 1. The molecule has 2 N–H and O–H groups in total. The third kappa shape index (κ3) is 3.46. The lowest BCUT2D eigenvalue weighted by Gasteiger charge is -2.43. The van der Waals surface area contributed by atoms with Gasteiger partial charge in [0.2, 0.25) is 10.0 Å². The second-order valence-corrected chi connectivity index (χ2v) is 11.9. The molecule has 1 atom stereocenters. The molecule has 4 rings (SSSR count). The van der Waals surface area contributed by atoms with Crippen LogP contribution in [0.2, 0.25) is 0 Å². The fraction of sp³-hybridized carbons (Fsp3) is 0.316. The van der Waals surface area contributed by atoms with Crippen LogP contribution < -0.4 is 5.48 Å². The first-order chi connectivity index (χ1) is 13.6. The van der Waals surface area contributed by atoms with Crippen molar-refractivity contribution in [2.45, 2.75) is 29.5 Å². The molecule has 29 heavy (non-hydrogen) atoms. The minimum absolute atomic E-state index is 0.0778. The zero-order chi connectivity index (χ0) is 21.0. The molecule has 10 heteroatoms. The van der Waals surface area contributed by atoms with E-state index in [0.29, 0.717) is 22.3 Å². The van der Waals surface area contributed by atoms with Crippen LogP contribution in [-0.2, 0) is 14.8 Å². The van der Waals surface area contributed by atoms with Gasteiger partial charge in [-0.15, -0.1) is 0 Å². The molecule has 1 fully saturated rings. The van der Waals surface area contributed by atoms with Crippen molar-refractivity contribution in [3.05, 3.63) is 40.9 Å². The van der Waals surface area contributed by atoms with E-state index < -0.39 is 26.7 Å². The van der Waals surface area contributed by atoms with Crippen LogP contribution >= 0.6 is 27.7 Å². The van der Waals surface area contributed by atoms with Crippen molar-refractivity contribution >= 4 is 65.6 Å². The highest BCUT2D eigenvalue weighted by Crippen LogP contribution is 2.39. The summed E-state index contributed by atoms with van der Waals surface area (Å²) in [6, 6.07) is 9.21. The maximum Gasteiger partial charge on any atom is 0.263 e. The first-order valence-electron chi connectivity index (χ1n) is 8.87. The van der Waals surface area contributed by atoms with Crippen molar-refractivity contribution in [2.24, 2.45) is 0 Å². The molecule has 0 aliphatic carbocycles. The summed E-state index contributed by atoms with van der Waals surface area (Å²) in [5.41, 5.74) is 2.85. The highest BCUT2D eigenvalue weighted by Gasteiger charge is 2.48. The lowest BCUT2D eigenvalue weighted by molar-refractivity contribution is -0.134. The summed E-state index contributed by atoms with van der Waals surface area (Å²) >= 11 is 4.90. The minimum atomic E-state index is -3.99. The molecule has 2 aromatic carbocycles. The van der Waals surface area contributed by atoms with Gasteiger partial charge in [0.05, 0.1) is 4.90 Å². The first kappa shape index (κ1) is 20.7. The minimum Gasteiger partial charge on any atom is -0.456 e. The van der Waals surface area contributed by atoms with Gasteiger partial charge in [-0.2, -0.15) is 16.1 Å². The Labute approximate surface area is 180 Å². The van der Waals surface area contributed by atoms with E-state index in [4.69, 9.17) is 4.42 Å². The largest absolute Gasteiger partial charge is 0.456 e. The van der Waals surface area contributed by atoms with Crippen LogP contribution in [0.3, 0.4) is 0 Å². The maximum absolute atomic E-state index is 13.5. The van der Waals surface area contributed by atoms with E-state index in [9.17, 15) is 18.4 Å². The van der Waals surface area contributed by atoms with Gasteiger partial charge in [0.1, 0.15) is 17.2 Å². The van der Waals surface area contributed by atoms with Gasteiger partial charge < -0.3 is 4.42 Å². The Morgan fingerprint density at radius 3 is 2.72 bits per heavy atom. The average Bonchev–Trinajstić information content (AvgIpc) is 3.03. The standard InChI is InChI=1S/C19H19BrN2O5S2/c1-19(2)17(18(23)21-24)22(7-8-28-19)29(25,26)12-4-6-15-14(10-12)13-5-3-11(20)9-16(13)27-15/h3-6,9-10,17,24H,7-8H2,1-2H3,(H,21,23)/t17-/m0/s1. The summed E-state index contributed by atoms with van der Waals surface area (Å²) in [6.45, 7) is 3.76. The molecule has 7 nitrogen and oxygen atoms in total. The van der Waals surface area contributed by atoms with E-state index >= 15 is 0 Å². The second-order valence-electron chi connectivity index (χ2n) is 7.35. The molecule has 0 radical (unpaired) electrons. The molecular weight excluding hydrogens is 480 g/mol. The monoisotopic (exact) mass is 498 g/mol. The Hall–Kier alpha value is -1.59. The topological polar surface area (TPSA) is 99.9 Å². The van der Waals surface area contributed by atoms with E-state index in [0.717, 1.165) is 9.86 Å². The average molecular weight is 499 g/mol. The third-order valence-corrected chi connectivity index (χ3v) is 8.81. The zero-order valence-corrected chi connectivity index (χ0v) is 18.9. The number of thioether (sulfide) groups is 1. The molecule has 1 amide bonds. The number of benzene rings is 2. The first-order valence-corrected chi connectivity index (χ1v) is 12.1. The predicted octanol–water partition coefficient (Wildman–Crippen LogP) is 3.74. The van der Waals surface area contributed by atoms with Crippen LogP contribution in [0.1, 0.15) is 13.8 Å². The Kier molecular flexibility index (Phi) is 5.19. The normalized spacial score (nSPS) is 20.2. The van der Waals surface area contributed by atoms with Crippen LogP contribution in [0.4, 0.5) is 0 Å². The van der Waals surface area contributed by atoms with Crippen molar-refractivity contribution in [3.8, 4) is 0 Å². The number of amides is 1. The number of fused-ring (bicyclic) bond motifs is 3. The van der Waals surface area contributed by atoms with Crippen LogP contribution in [0, 0.1) is 0 Å². The number of furan rings is 1. The zero-order valence-electron chi connectivity index (χ0n) is 15.7. The summed E-state index contributed by atoms with van der Waals surface area (Å²) in [5.74, 6) is -0.197. The summed E-state index contributed by atoms with van der Waals surface area (Å²) in [7, 11) is -3.99. The van der Waals surface area contributed by atoms with Gasteiger partial charge in [0.25, 0.3) is 5.91 Å². The maximum atomic E-state index is 13.5. The molecule has 1 aliphatic heterocycles. The van der Waals surface area contributed by atoms with Crippen molar-refractivity contribution < 1.29 is 22.8 Å². The molecule has 1 aromatic heterocycles. The highest BCUT2D eigenvalue weighted by molar-refractivity contribution is 9.10. The molecule has 1 saturated heterocycles. The van der Waals surface area contributed by atoms with Gasteiger partial charge >= 0.3 is 0 Å². The Morgan fingerprint density at radius 1 is 1.24 bits per heavy atom. The molecule has 1 aliphatic rings. The number of rotatable bonds is 3.